The van der Waals surface area contributed by atoms with Crippen molar-refractivity contribution < 1.29 is 0 Å². The lowest BCUT2D eigenvalue weighted by molar-refractivity contribution is 1.05. The zero-order valence-electron chi connectivity index (χ0n) is 5.19. The van der Waals surface area contributed by atoms with E-state index in [2.05, 4.69) is 9.97 Å². The van der Waals surface area contributed by atoms with Crippen molar-refractivity contribution in [2.75, 3.05) is 5.75 Å². The van der Waals surface area contributed by atoms with Gasteiger partial charge in [0.15, 0.2) is 0 Å². The van der Waals surface area contributed by atoms with Crippen LogP contribution in [0.3, 0.4) is 0 Å². The molecule has 1 aromatic rings. The Balaban J connectivity index is 2.52. The molecule has 1 aromatic heterocycles. The van der Waals surface area contributed by atoms with Crippen molar-refractivity contribution in [1.29, 1.82) is 5.26 Å². The Morgan fingerprint density at radius 3 is 3.20 bits per heavy atom. The Bertz CT molecular complexity index is 228. The molecule has 0 atom stereocenters. The molecule has 0 fully saturated rings. The molecule has 0 aliphatic heterocycles. The minimum atomic E-state index is 0.441. The average molecular weight is 151 g/mol. The Kier molecular flexibility index (Phi) is 2.71. The van der Waals surface area contributed by atoms with Crippen molar-refractivity contribution >= 4 is 11.8 Å². The summed E-state index contributed by atoms with van der Waals surface area (Å²) in [5.74, 6) is 0.441. The van der Waals surface area contributed by atoms with Crippen LogP contribution < -0.4 is 0 Å². The van der Waals surface area contributed by atoms with Crippen LogP contribution in [-0.2, 0) is 0 Å². The van der Waals surface area contributed by atoms with Crippen molar-refractivity contribution in [3.63, 3.8) is 0 Å². The van der Waals surface area contributed by atoms with Crippen molar-refractivity contribution in [3.05, 3.63) is 18.6 Å². The van der Waals surface area contributed by atoms with Gasteiger partial charge in [-0.25, -0.2) is 9.97 Å². The average Bonchev–Trinajstić information content (AvgIpc) is 2.03. The van der Waals surface area contributed by atoms with E-state index in [9.17, 15) is 0 Å². The molecule has 3 nitrogen and oxygen atoms in total. The largest absolute Gasteiger partial charge is 0.245 e. The molecule has 50 valence electrons. The number of aromatic nitrogens is 2. The summed E-state index contributed by atoms with van der Waals surface area (Å²) in [6, 6.07) is 3.80. The topological polar surface area (TPSA) is 49.6 Å². The Labute approximate surface area is 63.1 Å². The molecular formula is C6H5N3S. The first-order valence-corrected chi connectivity index (χ1v) is 3.68. The molecule has 0 aliphatic rings. The van der Waals surface area contributed by atoms with Crippen LogP contribution in [0, 0.1) is 11.3 Å². The number of thioether (sulfide) groups is 1. The van der Waals surface area contributed by atoms with Gasteiger partial charge in [0.1, 0.15) is 11.4 Å². The molecule has 0 aromatic carbocycles. The molecule has 0 bridgehead atoms. The third kappa shape index (κ3) is 2.03. The van der Waals surface area contributed by atoms with Gasteiger partial charge in [0, 0.05) is 6.20 Å². The summed E-state index contributed by atoms with van der Waals surface area (Å²) < 4.78 is 0. The lowest BCUT2D eigenvalue weighted by Gasteiger charge is -1.90. The first kappa shape index (κ1) is 7.03. The zero-order valence-corrected chi connectivity index (χ0v) is 6.01. The highest BCUT2D eigenvalue weighted by Gasteiger charge is 1.90. The van der Waals surface area contributed by atoms with Gasteiger partial charge in [0.05, 0.1) is 11.8 Å². The summed E-state index contributed by atoms with van der Waals surface area (Å²) in [7, 11) is 0. The van der Waals surface area contributed by atoms with Crippen LogP contribution in [0.4, 0.5) is 0 Å². The normalized spacial score (nSPS) is 8.70. The molecule has 0 saturated carbocycles. The third-order valence-corrected chi connectivity index (χ3v) is 1.65. The van der Waals surface area contributed by atoms with Crippen LogP contribution in [0.25, 0.3) is 0 Å². The highest BCUT2D eigenvalue weighted by atomic mass is 32.2. The van der Waals surface area contributed by atoms with Crippen molar-refractivity contribution in [2.45, 2.75) is 5.03 Å². The van der Waals surface area contributed by atoms with Crippen molar-refractivity contribution in [2.24, 2.45) is 0 Å². The molecule has 0 N–H and O–H groups in total. The Morgan fingerprint density at radius 1 is 1.70 bits per heavy atom. The number of hydrogen-bond donors (Lipinski definition) is 0. The summed E-state index contributed by atoms with van der Waals surface area (Å²) in [6.45, 7) is 0. The Hall–Kier alpha value is -1.08. The summed E-state index contributed by atoms with van der Waals surface area (Å²) in [6.07, 6.45) is 3.13. The summed E-state index contributed by atoms with van der Waals surface area (Å²) >= 11 is 1.41. The van der Waals surface area contributed by atoms with Gasteiger partial charge >= 0.3 is 0 Å². The van der Waals surface area contributed by atoms with Crippen LogP contribution in [0.15, 0.2) is 23.6 Å². The number of hydrogen-bond acceptors (Lipinski definition) is 4. The van der Waals surface area contributed by atoms with Gasteiger partial charge < -0.3 is 0 Å². The fourth-order valence-electron chi connectivity index (χ4n) is 0.470. The predicted octanol–water partition coefficient (Wildman–Crippen LogP) is 1.09. The van der Waals surface area contributed by atoms with Crippen molar-refractivity contribution in [3.8, 4) is 6.07 Å². The summed E-state index contributed by atoms with van der Waals surface area (Å²) in [4.78, 5) is 7.66. The van der Waals surface area contributed by atoms with Crippen LogP contribution in [0.2, 0.25) is 0 Å². The van der Waals surface area contributed by atoms with Crippen LogP contribution in [0.1, 0.15) is 0 Å². The molecule has 0 saturated heterocycles. The molecule has 1 rings (SSSR count). The lowest BCUT2D eigenvalue weighted by atomic mass is 10.7. The first-order valence-electron chi connectivity index (χ1n) is 2.69. The number of rotatable bonds is 2. The highest BCUT2D eigenvalue weighted by Crippen LogP contribution is 2.11. The fraction of sp³-hybridized carbons (Fsp3) is 0.167. The van der Waals surface area contributed by atoms with E-state index in [1.54, 1.807) is 12.3 Å². The second kappa shape index (κ2) is 3.85. The molecule has 1 heterocycles. The summed E-state index contributed by atoms with van der Waals surface area (Å²) in [5, 5.41) is 9.06. The van der Waals surface area contributed by atoms with E-state index < -0.39 is 0 Å². The van der Waals surface area contributed by atoms with Crippen molar-refractivity contribution in [1.82, 2.24) is 9.97 Å². The molecule has 0 aliphatic carbocycles. The first-order chi connectivity index (χ1) is 4.93. The predicted molar refractivity (Wildman–Crippen MR) is 38.4 cm³/mol. The Morgan fingerprint density at radius 2 is 2.60 bits per heavy atom. The van der Waals surface area contributed by atoms with E-state index in [-0.39, 0.29) is 0 Å². The molecule has 0 radical (unpaired) electrons. The smallest absolute Gasteiger partial charge is 0.116 e. The minimum absolute atomic E-state index is 0.441. The van der Waals surface area contributed by atoms with Gasteiger partial charge in [-0.15, -0.1) is 0 Å². The molecular weight excluding hydrogens is 146 g/mol. The monoisotopic (exact) mass is 151 g/mol. The van der Waals surface area contributed by atoms with Gasteiger partial charge in [-0.05, 0) is 6.07 Å². The molecule has 0 amide bonds. The van der Waals surface area contributed by atoms with Gasteiger partial charge in [-0.3, -0.25) is 0 Å². The van der Waals surface area contributed by atoms with Crippen LogP contribution in [0.5, 0.6) is 0 Å². The van der Waals surface area contributed by atoms with Crippen LogP contribution >= 0.6 is 11.8 Å². The molecule has 4 heteroatoms. The van der Waals surface area contributed by atoms with Gasteiger partial charge in [0.2, 0.25) is 0 Å². The number of nitrogens with zero attached hydrogens (tertiary/aromatic N) is 3. The molecule has 10 heavy (non-hydrogen) atoms. The number of nitriles is 1. The lowest BCUT2D eigenvalue weighted by Crippen LogP contribution is -1.80. The summed E-state index contributed by atoms with van der Waals surface area (Å²) in [5.41, 5.74) is 0. The maximum atomic E-state index is 8.21. The minimum Gasteiger partial charge on any atom is -0.245 e. The van der Waals surface area contributed by atoms with E-state index in [0.29, 0.717) is 5.75 Å². The van der Waals surface area contributed by atoms with Gasteiger partial charge in [0.25, 0.3) is 0 Å². The van der Waals surface area contributed by atoms with E-state index in [4.69, 9.17) is 5.26 Å². The van der Waals surface area contributed by atoms with E-state index in [0.717, 1.165) is 5.03 Å². The standard InChI is InChI=1S/C6H5N3S/c7-2-4-10-6-1-3-8-5-9-6/h1,3,5H,4H2. The molecule has 0 unspecified atom stereocenters. The highest BCUT2D eigenvalue weighted by molar-refractivity contribution is 7.99. The second-order valence-corrected chi connectivity index (χ2v) is 2.49. The second-order valence-electron chi connectivity index (χ2n) is 1.49. The maximum Gasteiger partial charge on any atom is 0.116 e. The zero-order chi connectivity index (χ0) is 7.23. The third-order valence-electron chi connectivity index (χ3n) is 0.839. The maximum absolute atomic E-state index is 8.21. The van der Waals surface area contributed by atoms with E-state index in [1.807, 2.05) is 6.07 Å². The SMILES string of the molecule is N#CCSc1ccncn1. The van der Waals surface area contributed by atoms with Gasteiger partial charge in [-0.2, -0.15) is 5.26 Å². The van der Waals surface area contributed by atoms with E-state index in [1.165, 1.54) is 18.1 Å². The van der Waals surface area contributed by atoms with E-state index >= 15 is 0 Å². The van der Waals surface area contributed by atoms with Gasteiger partial charge in [-0.1, -0.05) is 11.8 Å². The fourth-order valence-corrected chi connectivity index (χ4v) is 0.961. The molecule has 0 spiro atoms. The quantitative estimate of drug-likeness (QED) is 0.469. The van der Waals surface area contributed by atoms with Crippen LogP contribution in [-0.4, -0.2) is 15.7 Å².